The average molecular weight is 302 g/mol. The van der Waals surface area contributed by atoms with Crippen LogP contribution in [-0.4, -0.2) is 20.9 Å². The summed E-state index contributed by atoms with van der Waals surface area (Å²) in [6, 6.07) is 9.74. The summed E-state index contributed by atoms with van der Waals surface area (Å²) >= 11 is 1.44. The van der Waals surface area contributed by atoms with Gasteiger partial charge in [-0.15, -0.1) is 11.3 Å². The van der Waals surface area contributed by atoms with E-state index in [9.17, 15) is 14.3 Å². The number of carboxylic acids is 1. The van der Waals surface area contributed by atoms with Gasteiger partial charge >= 0.3 is 5.97 Å². The molecule has 0 bridgehead atoms. The number of aromatic carboxylic acids is 1. The number of carboxylic acid groups (broad SMARTS) is 1. The van der Waals surface area contributed by atoms with E-state index in [-0.39, 0.29) is 11.4 Å². The van der Waals surface area contributed by atoms with Gasteiger partial charge in [0.15, 0.2) is 0 Å². The Morgan fingerprint density at radius 1 is 1.29 bits per heavy atom. The Morgan fingerprint density at radius 2 is 2.05 bits per heavy atom. The van der Waals surface area contributed by atoms with Gasteiger partial charge in [0.2, 0.25) is 0 Å². The van der Waals surface area contributed by atoms with Crippen LogP contribution in [0.3, 0.4) is 0 Å². The molecule has 1 N–H and O–H groups in total. The standard InChI is InChI=1S/C15H11FN2O2S/c16-11-5-3-10(4-6-11)8-18-9-12(15(19)20)14(17-18)13-2-1-7-21-13/h1-7,9H,8H2,(H,19,20). The lowest BCUT2D eigenvalue weighted by Crippen LogP contribution is -2.00. The van der Waals surface area contributed by atoms with Crippen LogP contribution in [0.4, 0.5) is 4.39 Å². The average Bonchev–Trinajstić information content (AvgIpc) is 3.10. The third-order valence-electron chi connectivity index (χ3n) is 3.00. The van der Waals surface area contributed by atoms with E-state index in [1.54, 1.807) is 16.8 Å². The second kappa shape index (κ2) is 5.49. The molecule has 2 heterocycles. The van der Waals surface area contributed by atoms with Crippen molar-refractivity contribution in [2.24, 2.45) is 0 Å². The first kappa shape index (κ1) is 13.5. The summed E-state index contributed by atoms with van der Waals surface area (Å²) in [5.74, 6) is -1.31. The van der Waals surface area contributed by atoms with Gasteiger partial charge in [-0.3, -0.25) is 4.68 Å². The molecule has 2 aromatic heterocycles. The van der Waals surface area contributed by atoms with Crippen molar-refractivity contribution in [3.63, 3.8) is 0 Å². The molecule has 6 heteroatoms. The van der Waals surface area contributed by atoms with Crippen molar-refractivity contribution in [3.05, 3.63) is 64.9 Å². The molecule has 0 atom stereocenters. The number of benzene rings is 1. The van der Waals surface area contributed by atoms with Gasteiger partial charge in [-0.05, 0) is 29.1 Å². The fourth-order valence-electron chi connectivity index (χ4n) is 2.03. The number of halogens is 1. The van der Waals surface area contributed by atoms with Gasteiger partial charge in [-0.1, -0.05) is 18.2 Å². The summed E-state index contributed by atoms with van der Waals surface area (Å²) in [6.45, 7) is 0.395. The van der Waals surface area contributed by atoms with Crippen molar-refractivity contribution in [2.75, 3.05) is 0 Å². The highest BCUT2D eigenvalue weighted by Crippen LogP contribution is 2.26. The molecule has 0 saturated heterocycles. The minimum atomic E-state index is -1.01. The highest BCUT2D eigenvalue weighted by Gasteiger charge is 2.17. The predicted octanol–water partition coefficient (Wildman–Crippen LogP) is 3.50. The quantitative estimate of drug-likeness (QED) is 0.802. The van der Waals surface area contributed by atoms with Crippen molar-refractivity contribution in [1.82, 2.24) is 9.78 Å². The number of hydrogen-bond acceptors (Lipinski definition) is 3. The fourth-order valence-corrected chi connectivity index (χ4v) is 2.75. The molecule has 4 nitrogen and oxygen atoms in total. The molecule has 21 heavy (non-hydrogen) atoms. The Balaban J connectivity index is 1.95. The van der Waals surface area contributed by atoms with Crippen molar-refractivity contribution in [2.45, 2.75) is 6.54 Å². The molecule has 0 amide bonds. The third kappa shape index (κ3) is 2.85. The van der Waals surface area contributed by atoms with E-state index < -0.39 is 5.97 Å². The lowest BCUT2D eigenvalue weighted by molar-refractivity contribution is 0.0697. The van der Waals surface area contributed by atoms with Crippen LogP contribution in [0.2, 0.25) is 0 Å². The van der Waals surface area contributed by atoms with E-state index in [1.165, 1.54) is 29.7 Å². The van der Waals surface area contributed by atoms with Gasteiger partial charge in [0.1, 0.15) is 17.1 Å². The normalized spacial score (nSPS) is 10.7. The van der Waals surface area contributed by atoms with Crippen LogP contribution in [0.15, 0.2) is 48.0 Å². The summed E-state index contributed by atoms with van der Waals surface area (Å²) in [4.78, 5) is 12.1. The second-order valence-corrected chi connectivity index (χ2v) is 5.45. The van der Waals surface area contributed by atoms with E-state index in [0.29, 0.717) is 12.2 Å². The van der Waals surface area contributed by atoms with Crippen LogP contribution < -0.4 is 0 Å². The SMILES string of the molecule is O=C(O)c1cn(Cc2ccc(F)cc2)nc1-c1cccs1. The Bertz CT molecular complexity index is 764. The van der Waals surface area contributed by atoms with Crippen LogP contribution >= 0.6 is 11.3 Å². The van der Waals surface area contributed by atoms with Crippen molar-refractivity contribution >= 4 is 17.3 Å². The van der Waals surface area contributed by atoms with Gasteiger partial charge in [0, 0.05) is 6.20 Å². The summed E-state index contributed by atoms with van der Waals surface area (Å²) in [7, 11) is 0. The highest BCUT2D eigenvalue weighted by atomic mass is 32.1. The maximum absolute atomic E-state index is 12.9. The lowest BCUT2D eigenvalue weighted by Gasteiger charge is -2.01. The van der Waals surface area contributed by atoms with Gasteiger partial charge in [0.25, 0.3) is 0 Å². The number of nitrogens with zero attached hydrogens (tertiary/aromatic N) is 2. The minimum Gasteiger partial charge on any atom is -0.478 e. The molecule has 0 saturated carbocycles. The zero-order valence-corrected chi connectivity index (χ0v) is 11.7. The summed E-state index contributed by atoms with van der Waals surface area (Å²) in [6.07, 6.45) is 1.50. The smallest absolute Gasteiger partial charge is 0.339 e. The number of aromatic nitrogens is 2. The summed E-state index contributed by atoms with van der Waals surface area (Å²) < 4.78 is 14.4. The highest BCUT2D eigenvalue weighted by molar-refractivity contribution is 7.13. The van der Waals surface area contributed by atoms with Gasteiger partial charge in [-0.2, -0.15) is 5.10 Å². The molecule has 0 aliphatic rings. The van der Waals surface area contributed by atoms with Crippen molar-refractivity contribution < 1.29 is 14.3 Å². The van der Waals surface area contributed by atoms with Crippen molar-refractivity contribution in [1.29, 1.82) is 0 Å². The Kier molecular flexibility index (Phi) is 3.53. The number of rotatable bonds is 4. The first-order valence-corrected chi connectivity index (χ1v) is 7.10. The third-order valence-corrected chi connectivity index (χ3v) is 3.88. The van der Waals surface area contributed by atoms with E-state index in [2.05, 4.69) is 5.10 Å². The van der Waals surface area contributed by atoms with E-state index >= 15 is 0 Å². The van der Waals surface area contributed by atoms with E-state index in [0.717, 1.165) is 10.4 Å². The Morgan fingerprint density at radius 3 is 2.67 bits per heavy atom. The molecule has 0 aliphatic heterocycles. The molecule has 3 aromatic rings. The fraction of sp³-hybridized carbons (Fsp3) is 0.0667. The first-order chi connectivity index (χ1) is 10.1. The molecular weight excluding hydrogens is 291 g/mol. The van der Waals surface area contributed by atoms with Crippen LogP contribution in [0, 0.1) is 5.82 Å². The van der Waals surface area contributed by atoms with Crippen LogP contribution in [-0.2, 0) is 6.54 Å². The molecule has 0 unspecified atom stereocenters. The van der Waals surface area contributed by atoms with Crippen LogP contribution in [0.25, 0.3) is 10.6 Å². The summed E-state index contributed by atoms with van der Waals surface area (Å²) in [5, 5.41) is 15.5. The maximum Gasteiger partial charge on any atom is 0.339 e. The summed E-state index contributed by atoms with van der Waals surface area (Å²) in [5.41, 5.74) is 1.48. The predicted molar refractivity (Wildman–Crippen MR) is 78.0 cm³/mol. The number of carbonyl (C=O) groups is 1. The maximum atomic E-state index is 12.9. The van der Waals surface area contributed by atoms with Gasteiger partial charge < -0.3 is 5.11 Å². The molecule has 0 aliphatic carbocycles. The first-order valence-electron chi connectivity index (χ1n) is 6.22. The molecule has 0 spiro atoms. The van der Waals surface area contributed by atoms with Crippen LogP contribution in [0.1, 0.15) is 15.9 Å². The molecule has 106 valence electrons. The second-order valence-electron chi connectivity index (χ2n) is 4.50. The lowest BCUT2D eigenvalue weighted by atomic mass is 10.2. The molecule has 1 aromatic carbocycles. The van der Waals surface area contributed by atoms with Gasteiger partial charge in [-0.25, -0.2) is 9.18 Å². The molecule has 0 fully saturated rings. The molecule has 0 radical (unpaired) electrons. The zero-order valence-electron chi connectivity index (χ0n) is 10.9. The minimum absolute atomic E-state index is 0.166. The monoisotopic (exact) mass is 302 g/mol. The number of thiophene rings is 1. The Labute approximate surface area is 124 Å². The molecule has 3 rings (SSSR count). The molecular formula is C15H11FN2O2S. The van der Waals surface area contributed by atoms with E-state index in [1.807, 2.05) is 17.5 Å². The topological polar surface area (TPSA) is 55.1 Å². The Hall–Kier alpha value is -2.47. The largest absolute Gasteiger partial charge is 0.478 e. The van der Waals surface area contributed by atoms with Gasteiger partial charge in [0.05, 0.1) is 11.4 Å². The number of hydrogen-bond donors (Lipinski definition) is 1. The zero-order chi connectivity index (χ0) is 14.8. The van der Waals surface area contributed by atoms with Crippen molar-refractivity contribution in [3.8, 4) is 10.6 Å². The van der Waals surface area contributed by atoms with E-state index in [4.69, 9.17) is 0 Å². The van der Waals surface area contributed by atoms with Crippen LogP contribution in [0.5, 0.6) is 0 Å².